The topological polar surface area (TPSA) is 92.7 Å². The first-order valence-electron chi connectivity index (χ1n) is 8.55. The van der Waals surface area contributed by atoms with E-state index in [1.807, 2.05) is 29.6 Å². The molecule has 1 atom stereocenters. The highest BCUT2D eigenvalue weighted by Gasteiger charge is 2.26. The second-order valence-corrected chi connectivity index (χ2v) is 7.86. The van der Waals surface area contributed by atoms with Crippen molar-refractivity contribution < 1.29 is 14.8 Å². The summed E-state index contributed by atoms with van der Waals surface area (Å²) in [4.78, 5) is 13.9. The first-order chi connectivity index (χ1) is 13.2. The molecule has 0 amide bonds. The molecule has 0 saturated carbocycles. The van der Waals surface area contributed by atoms with Crippen molar-refractivity contribution in [3.8, 4) is 6.07 Å². The lowest BCUT2D eigenvalue weighted by Gasteiger charge is -2.15. The first-order valence-corrected chi connectivity index (χ1v) is 10.2. The van der Waals surface area contributed by atoms with Gasteiger partial charge in [0.25, 0.3) is 0 Å². The molecule has 0 unspecified atom stereocenters. The number of nitriles is 1. The molecule has 1 aromatic carbocycles. The average Bonchev–Trinajstić information content (AvgIpc) is 3.31. The van der Waals surface area contributed by atoms with E-state index in [0.717, 1.165) is 11.3 Å². The van der Waals surface area contributed by atoms with Gasteiger partial charge in [-0.1, -0.05) is 36.4 Å². The van der Waals surface area contributed by atoms with Crippen LogP contribution >= 0.6 is 22.7 Å². The number of carbonyl (C=O) groups is 1. The van der Waals surface area contributed by atoms with Crippen LogP contribution in [-0.2, 0) is 11.3 Å². The number of rotatable bonds is 7. The van der Waals surface area contributed by atoms with E-state index in [1.165, 1.54) is 10.4 Å². The predicted molar refractivity (Wildman–Crippen MR) is 108 cm³/mol. The van der Waals surface area contributed by atoms with Gasteiger partial charge in [0.05, 0.1) is 22.6 Å². The number of esters is 1. The van der Waals surface area contributed by atoms with Crippen molar-refractivity contribution in [1.29, 1.82) is 5.26 Å². The molecule has 3 aromatic rings. The Labute approximate surface area is 166 Å². The van der Waals surface area contributed by atoms with E-state index in [2.05, 4.69) is 29.6 Å². The molecule has 138 valence electrons. The number of ether oxygens (including phenoxy) is 1. The molecule has 2 aromatic heterocycles. The molecule has 0 aliphatic heterocycles. The zero-order valence-electron chi connectivity index (χ0n) is 14.8. The van der Waals surface area contributed by atoms with Crippen molar-refractivity contribution in [2.45, 2.75) is 19.5 Å². The minimum absolute atomic E-state index is 0.0777. The van der Waals surface area contributed by atoms with E-state index >= 15 is 0 Å². The van der Waals surface area contributed by atoms with E-state index in [0.29, 0.717) is 27.5 Å². The van der Waals surface area contributed by atoms with Crippen LogP contribution in [0.5, 0.6) is 0 Å². The van der Waals surface area contributed by atoms with Gasteiger partial charge in [-0.15, -0.1) is 22.7 Å². The van der Waals surface area contributed by atoms with E-state index in [1.54, 1.807) is 18.3 Å². The third kappa shape index (κ3) is 4.19. The predicted octanol–water partition coefficient (Wildman–Crippen LogP) is 3.29. The lowest BCUT2D eigenvalue weighted by atomic mass is 10.0. The van der Waals surface area contributed by atoms with Crippen molar-refractivity contribution >= 4 is 33.6 Å². The summed E-state index contributed by atoms with van der Waals surface area (Å²) in [6, 6.07) is 16.5. The quantitative estimate of drug-likeness (QED) is 0.597. The van der Waals surface area contributed by atoms with Gasteiger partial charge < -0.3 is 15.8 Å². The van der Waals surface area contributed by atoms with Crippen LogP contribution in [0, 0.1) is 11.3 Å². The maximum atomic E-state index is 12.3. The van der Waals surface area contributed by atoms with Gasteiger partial charge in [0, 0.05) is 5.56 Å². The van der Waals surface area contributed by atoms with Crippen molar-refractivity contribution in [3.05, 3.63) is 74.3 Å². The maximum absolute atomic E-state index is 12.3. The van der Waals surface area contributed by atoms with Crippen LogP contribution in [0.15, 0.2) is 47.8 Å². The zero-order chi connectivity index (χ0) is 19.2. The number of hydrogen-bond donors (Lipinski definition) is 2. The first kappa shape index (κ1) is 19.1. The fourth-order valence-corrected chi connectivity index (χ4v) is 4.74. The molecule has 0 fully saturated rings. The Morgan fingerprint density at radius 1 is 1.30 bits per heavy atom. The number of thiophene rings is 2. The smallest absolute Gasteiger partial charge is 0.348 e. The van der Waals surface area contributed by atoms with Crippen molar-refractivity contribution in [3.63, 3.8) is 0 Å². The number of carbonyl (C=O) groups excluding carboxylic acids is 1. The number of nitrogen functional groups attached to an aromatic ring is 1. The molecule has 27 heavy (non-hydrogen) atoms. The van der Waals surface area contributed by atoms with Crippen LogP contribution < -0.4 is 11.1 Å². The molecule has 0 saturated heterocycles. The van der Waals surface area contributed by atoms with E-state index < -0.39 is 5.97 Å². The summed E-state index contributed by atoms with van der Waals surface area (Å²) in [5.41, 5.74) is 8.16. The van der Waals surface area contributed by atoms with Gasteiger partial charge in [0.2, 0.25) is 0 Å². The second kappa shape index (κ2) is 8.82. The summed E-state index contributed by atoms with van der Waals surface area (Å²) in [5.74, 6) is -0.425. The van der Waals surface area contributed by atoms with Gasteiger partial charge in [-0.2, -0.15) is 5.26 Å². The number of hydrogen-bond acceptors (Lipinski definition) is 6. The second-order valence-electron chi connectivity index (χ2n) is 5.82. The third-order valence-corrected chi connectivity index (χ3v) is 6.17. The zero-order valence-corrected chi connectivity index (χ0v) is 16.5. The van der Waals surface area contributed by atoms with Gasteiger partial charge in [0.1, 0.15) is 28.5 Å². The van der Waals surface area contributed by atoms with Gasteiger partial charge >= 0.3 is 5.97 Å². The van der Waals surface area contributed by atoms with E-state index in [9.17, 15) is 10.1 Å². The van der Waals surface area contributed by atoms with Crippen LogP contribution in [0.4, 0.5) is 5.00 Å². The fourth-order valence-electron chi connectivity index (χ4n) is 2.94. The molecule has 4 N–H and O–H groups in total. The Hall–Kier alpha value is -2.66. The normalized spacial score (nSPS) is 11.7. The van der Waals surface area contributed by atoms with Crippen LogP contribution in [-0.4, -0.2) is 12.6 Å². The Kier molecular flexibility index (Phi) is 6.24. The number of nitrogens with zero attached hydrogens (tertiary/aromatic N) is 1. The minimum Gasteiger partial charge on any atom is -0.462 e. The lowest BCUT2D eigenvalue weighted by Crippen LogP contribution is -2.84. The number of benzene rings is 1. The third-order valence-electron chi connectivity index (χ3n) is 4.17. The molecule has 2 heterocycles. The number of nitrogens with two attached hydrogens (primary N) is 2. The molecule has 0 aliphatic rings. The fraction of sp³-hybridized carbons (Fsp3) is 0.200. The Balaban J connectivity index is 1.92. The summed E-state index contributed by atoms with van der Waals surface area (Å²) in [7, 11) is 0. The minimum atomic E-state index is -0.425. The van der Waals surface area contributed by atoms with Crippen molar-refractivity contribution in [1.82, 2.24) is 0 Å². The molecule has 0 bridgehead atoms. The summed E-state index contributed by atoms with van der Waals surface area (Å²) in [5, 5.41) is 14.0. The standard InChI is InChI=1S/C20H19N3O2S2/c1-2-25-20(24)18-15(14(11-21)19(22)27-18)12-23-17(16-9-6-10-26-16)13-7-4-3-5-8-13/h3-10,17,23H,2,12,22H2,1H3/p+1/t17-/m0/s1. The number of quaternary nitrogens is 1. The summed E-state index contributed by atoms with van der Waals surface area (Å²) < 4.78 is 5.14. The van der Waals surface area contributed by atoms with Crippen molar-refractivity contribution in [2.24, 2.45) is 0 Å². The molecule has 0 radical (unpaired) electrons. The highest BCUT2D eigenvalue weighted by atomic mass is 32.1. The molecule has 0 spiro atoms. The highest BCUT2D eigenvalue weighted by molar-refractivity contribution is 7.18. The SMILES string of the molecule is CCOC(=O)c1sc(N)c(C#N)c1C[NH2+][C@@H](c1ccccc1)c1cccs1. The Morgan fingerprint density at radius 2 is 2.07 bits per heavy atom. The summed E-state index contributed by atoms with van der Waals surface area (Å²) in [6.45, 7) is 2.50. The summed E-state index contributed by atoms with van der Waals surface area (Å²) in [6.07, 6.45) is 0. The van der Waals surface area contributed by atoms with Crippen LogP contribution in [0.3, 0.4) is 0 Å². The highest BCUT2D eigenvalue weighted by Crippen LogP contribution is 2.31. The molecule has 0 aliphatic carbocycles. The van der Waals surface area contributed by atoms with Crippen molar-refractivity contribution in [2.75, 3.05) is 12.3 Å². The van der Waals surface area contributed by atoms with Crippen LogP contribution in [0.2, 0.25) is 0 Å². The van der Waals surface area contributed by atoms with Crippen LogP contribution in [0.25, 0.3) is 0 Å². The number of anilines is 1. The monoisotopic (exact) mass is 398 g/mol. The molecule has 3 rings (SSSR count). The average molecular weight is 399 g/mol. The Morgan fingerprint density at radius 3 is 2.70 bits per heavy atom. The van der Waals surface area contributed by atoms with Gasteiger partial charge in [-0.25, -0.2) is 4.79 Å². The van der Waals surface area contributed by atoms with Gasteiger partial charge in [-0.3, -0.25) is 0 Å². The maximum Gasteiger partial charge on any atom is 0.348 e. The molecule has 5 nitrogen and oxygen atoms in total. The molecule has 7 heteroatoms. The summed E-state index contributed by atoms with van der Waals surface area (Å²) >= 11 is 2.81. The largest absolute Gasteiger partial charge is 0.462 e. The van der Waals surface area contributed by atoms with E-state index in [-0.39, 0.29) is 12.6 Å². The van der Waals surface area contributed by atoms with Gasteiger partial charge in [0.15, 0.2) is 0 Å². The Bertz CT molecular complexity index is 944. The molecular formula is C20H20N3O2S2+. The van der Waals surface area contributed by atoms with Gasteiger partial charge in [-0.05, 0) is 18.4 Å². The molecular weight excluding hydrogens is 378 g/mol. The van der Waals surface area contributed by atoms with E-state index in [4.69, 9.17) is 10.5 Å². The van der Waals surface area contributed by atoms with Crippen LogP contribution in [0.1, 0.15) is 44.2 Å². The lowest BCUT2D eigenvalue weighted by molar-refractivity contribution is -0.701.